The van der Waals surface area contributed by atoms with Crippen LogP contribution < -0.4 is 15.4 Å². The molecular weight excluding hydrogens is 450 g/mol. The summed E-state index contributed by atoms with van der Waals surface area (Å²) >= 11 is 5.84. The number of primary amides is 1. The molecule has 3 rings (SSSR count). The van der Waals surface area contributed by atoms with Gasteiger partial charge in [0.1, 0.15) is 0 Å². The van der Waals surface area contributed by atoms with E-state index in [-0.39, 0.29) is 23.6 Å². The van der Waals surface area contributed by atoms with Crippen molar-refractivity contribution >= 4 is 44.8 Å². The molecule has 0 heterocycles. The van der Waals surface area contributed by atoms with Gasteiger partial charge in [0.05, 0.1) is 23.4 Å². The number of anilines is 2. The highest BCUT2D eigenvalue weighted by atomic mass is 35.5. The molecule has 3 N–H and O–H groups in total. The quantitative estimate of drug-likeness (QED) is 0.524. The number of carbonyl (C=O) groups excluding carboxylic acids is 2. The molecule has 166 valence electrons. The second kappa shape index (κ2) is 9.84. The molecule has 7 nitrogen and oxygen atoms in total. The van der Waals surface area contributed by atoms with E-state index in [0.29, 0.717) is 16.4 Å². The molecular formula is C23H22ClN3O4S. The summed E-state index contributed by atoms with van der Waals surface area (Å²) in [6, 6.07) is 19.5. The number of nitrogens with one attached hydrogen (secondary N) is 1. The van der Waals surface area contributed by atoms with Crippen LogP contribution >= 0.6 is 11.6 Å². The van der Waals surface area contributed by atoms with E-state index in [9.17, 15) is 18.0 Å². The molecule has 0 saturated heterocycles. The molecule has 32 heavy (non-hydrogen) atoms. The molecule has 2 amide bonds. The summed E-state index contributed by atoms with van der Waals surface area (Å²) in [5.41, 5.74) is 7.74. The summed E-state index contributed by atoms with van der Waals surface area (Å²) in [5, 5.41) is 3.24. The lowest BCUT2D eigenvalue weighted by Gasteiger charge is -2.20. The van der Waals surface area contributed by atoms with Crippen molar-refractivity contribution in [1.29, 1.82) is 0 Å². The zero-order chi connectivity index (χ0) is 23.3. The third-order valence-corrected chi connectivity index (χ3v) is 6.80. The largest absolute Gasteiger partial charge is 0.369 e. The number of nitrogens with zero attached hydrogens (tertiary/aromatic N) is 1. The van der Waals surface area contributed by atoms with Crippen molar-refractivity contribution in [2.45, 2.75) is 17.7 Å². The van der Waals surface area contributed by atoms with E-state index in [1.54, 1.807) is 48.5 Å². The molecule has 3 aromatic carbocycles. The third-order valence-electron chi connectivity index (χ3n) is 4.75. The summed E-state index contributed by atoms with van der Waals surface area (Å²) in [7, 11) is -2.26. The molecule has 0 aliphatic carbocycles. The molecule has 0 spiro atoms. The van der Waals surface area contributed by atoms with E-state index in [4.69, 9.17) is 17.3 Å². The van der Waals surface area contributed by atoms with Gasteiger partial charge in [-0.1, -0.05) is 35.9 Å². The van der Waals surface area contributed by atoms with Gasteiger partial charge in [-0.3, -0.25) is 13.9 Å². The van der Waals surface area contributed by atoms with Crippen molar-refractivity contribution in [3.8, 4) is 0 Å². The molecule has 0 atom stereocenters. The van der Waals surface area contributed by atoms with Crippen LogP contribution in [0.4, 0.5) is 11.4 Å². The average molecular weight is 472 g/mol. The molecule has 0 fully saturated rings. The van der Waals surface area contributed by atoms with Crippen molar-refractivity contribution in [2.75, 3.05) is 16.7 Å². The van der Waals surface area contributed by atoms with Crippen molar-refractivity contribution in [1.82, 2.24) is 0 Å². The SMILES string of the molecule is CN(c1ccc(CC(=O)Nc2ccc(CC(N)=O)cc2)cc1)S(=O)(=O)c1ccc(Cl)cc1. The molecule has 0 bridgehead atoms. The number of rotatable bonds is 8. The maximum atomic E-state index is 12.8. The first-order chi connectivity index (χ1) is 15.1. The predicted molar refractivity (Wildman–Crippen MR) is 125 cm³/mol. The van der Waals surface area contributed by atoms with Gasteiger partial charge < -0.3 is 11.1 Å². The van der Waals surface area contributed by atoms with Crippen LogP contribution in [0.3, 0.4) is 0 Å². The van der Waals surface area contributed by atoms with Gasteiger partial charge in [-0.05, 0) is 59.7 Å². The molecule has 0 aliphatic heterocycles. The predicted octanol–water partition coefficient (Wildman–Crippen LogP) is 3.37. The Labute approximate surface area is 191 Å². The van der Waals surface area contributed by atoms with Crippen molar-refractivity contribution < 1.29 is 18.0 Å². The summed E-state index contributed by atoms with van der Waals surface area (Å²) < 4.78 is 26.7. The Morgan fingerprint density at radius 1 is 0.875 bits per heavy atom. The number of halogens is 1. The van der Waals surface area contributed by atoms with Gasteiger partial charge in [0.2, 0.25) is 11.8 Å². The maximum Gasteiger partial charge on any atom is 0.264 e. The van der Waals surface area contributed by atoms with Crippen molar-refractivity contribution in [3.63, 3.8) is 0 Å². The molecule has 0 saturated carbocycles. The topological polar surface area (TPSA) is 110 Å². The van der Waals surface area contributed by atoms with Crippen LogP contribution in [0.5, 0.6) is 0 Å². The molecule has 0 radical (unpaired) electrons. The lowest BCUT2D eigenvalue weighted by atomic mass is 10.1. The Kier molecular flexibility index (Phi) is 7.17. The zero-order valence-corrected chi connectivity index (χ0v) is 18.9. The number of benzene rings is 3. The molecule has 3 aromatic rings. The summed E-state index contributed by atoms with van der Waals surface area (Å²) in [5.74, 6) is -0.639. The first-order valence-electron chi connectivity index (χ1n) is 9.66. The highest BCUT2D eigenvalue weighted by Crippen LogP contribution is 2.23. The third kappa shape index (κ3) is 5.87. The average Bonchev–Trinajstić information content (AvgIpc) is 2.75. The summed E-state index contributed by atoms with van der Waals surface area (Å²) in [6.45, 7) is 0. The minimum atomic E-state index is -3.73. The van der Waals surface area contributed by atoms with Crippen LogP contribution in [0.15, 0.2) is 77.7 Å². The van der Waals surface area contributed by atoms with Crippen LogP contribution in [-0.4, -0.2) is 27.3 Å². The lowest BCUT2D eigenvalue weighted by Crippen LogP contribution is -2.26. The van der Waals surface area contributed by atoms with Crippen molar-refractivity contribution in [2.24, 2.45) is 5.73 Å². The van der Waals surface area contributed by atoms with Gasteiger partial charge in [0, 0.05) is 17.8 Å². The van der Waals surface area contributed by atoms with Crippen molar-refractivity contribution in [3.05, 3.63) is 88.9 Å². The maximum absolute atomic E-state index is 12.8. The second-order valence-electron chi connectivity index (χ2n) is 7.16. The molecule has 9 heteroatoms. The first-order valence-corrected chi connectivity index (χ1v) is 11.5. The Morgan fingerprint density at radius 3 is 1.97 bits per heavy atom. The Balaban J connectivity index is 1.63. The number of hydrogen-bond acceptors (Lipinski definition) is 4. The van der Waals surface area contributed by atoms with Crippen LogP contribution in [-0.2, 0) is 32.5 Å². The molecule has 0 unspecified atom stereocenters. The van der Waals surface area contributed by atoms with Gasteiger partial charge in [0.25, 0.3) is 10.0 Å². The summed E-state index contributed by atoms with van der Waals surface area (Å²) in [6.07, 6.45) is 0.264. The Bertz CT molecular complexity index is 1210. The number of amides is 2. The van der Waals surface area contributed by atoms with Gasteiger partial charge in [0.15, 0.2) is 0 Å². The molecule has 0 aromatic heterocycles. The van der Waals surface area contributed by atoms with Crippen LogP contribution in [0.2, 0.25) is 5.02 Å². The summed E-state index contributed by atoms with van der Waals surface area (Å²) in [4.78, 5) is 23.4. The standard InChI is InChI=1S/C23H22ClN3O4S/c1-27(32(30,31)21-12-6-18(24)7-13-21)20-10-4-17(5-11-20)15-23(29)26-19-8-2-16(3-9-19)14-22(25)28/h2-13H,14-15H2,1H3,(H2,25,28)(H,26,29). The van der Waals surface area contributed by atoms with Crippen LogP contribution in [0.25, 0.3) is 0 Å². The van der Waals surface area contributed by atoms with Gasteiger partial charge in [-0.25, -0.2) is 8.42 Å². The minimum absolute atomic E-state index is 0.122. The highest BCUT2D eigenvalue weighted by Gasteiger charge is 2.21. The van der Waals surface area contributed by atoms with Gasteiger partial charge >= 0.3 is 0 Å². The Hall–Kier alpha value is -3.36. The van der Waals surface area contributed by atoms with Gasteiger partial charge in [-0.15, -0.1) is 0 Å². The van der Waals surface area contributed by atoms with E-state index >= 15 is 0 Å². The lowest BCUT2D eigenvalue weighted by molar-refractivity contribution is -0.117. The fourth-order valence-corrected chi connectivity index (χ4v) is 4.35. The Morgan fingerprint density at radius 2 is 1.41 bits per heavy atom. The second-order valence-corrected chi connectivity index (χ2v) is 9.56. The first kappa shape index (κ1) is 23.3. The normalized spacial score (nSPS) is 11.1. The number of sulfonamides is 1. The van der Waals surface area contributed by atoms with E-state index in [2.05, 4.69) is 5.32 Å². The van der Waals surface area contributed by atoms with Crippen LogP contribution in [0.1, 0.15) is 11.1 Å². The van der Waals surface area contributed by atoms with E-state index in [1.165, 1.54) is 35.6 Å². The molecule has 0 aliphatic rings. The fourth-order valence-electron chi connectivity index (χ4n) is 3.02. The fraction of sp³-hybridized carbons (Fsp3) is 0.130. The highest BCUT2D eigenvalue weighted by molar-refractivity contribution is 7.92. The zero-order valence-electron chi connectivity index (χ0n) is 17.3. The van der Waals surface area contributed by atoms with Gasteiger partial charge in [-0.2, -0.15) is 0 Å². The number of hydrogen-bond donors (Lipinski definition) is 2. The van der Waals surface area contributed by atoms with E-state index in [1.807, 2.05) is 0 Å². The monoisotopic (exact) mass is 471 g/mol. The number of carbonyl (C=O) groups is 2. The van der Waals surface area contributed by atoms with E-state index in [0.717, 1.165) is 11.1 Å². The van der Waals surface area contributed by atoms with E-state index < -0.39 is 15.9 Å². The smallest absolute Gasteiger partial charge is 0.264 e. The van der Waals surface area contributed by atoms with Crippen LogP contribution in [0, 0.1) is 0 Å². The minimum Gasteiger partial charge on any atom is -0.369 e. The number of nitrogens with two attached hydrogens (primary N) is 1.